The van der Waals surface area contributed by atoms with Crippen LogP contribution in [0.15, 0.2) is 48.8 Å². The highest BCUT2D eigenvalue weighted by Crippen LogP contribution is 2.07. The van der Waals surface area contributed by atoms with E-state index in [1.54, 1.807) is 16.9 Å². The first-order valence-electron chi connectivity index (χ1n) is 5.32. The Morgan fingerprint density at radius 2 is 1.88 bits per heavy atom. The molecule has 0 atom stereocenters. The second kappa shape index (κ2) is 4.17. The quantitative estimate of drug-likeness (QED) is 0.668. The number of aromatic nitrogens is 4. The maximum Gasteiger partial charge on any atom is 0.177 e. The maximum atomic E-state index is 4.19. The molecule has 2 heterocycles. The van der Waals surface area contributed by atoms with Crippen LogP contribution in [-0.2, 0) is 0 Å². The molecule has 4 heteroatoms. The largest absolute Gasteiger partial charge is 0.212 e. The van der Waals surface area contributed by atoms with Gasteiger partial charge in [0.05, 0.1) is 18.1 Å². The molecule has 1 aromatic carbocycles. The molecule has 0 unspecified atom stereocenters. The minimum atomic E-state index is 0.750. The third kappa shape index (κ3) is 1.92. The van der Waals surface area contributed by atoms with E-state index in [4.69, 9.17) is 0 Å². The molecule has 0 aliphatic carbocycles. The van der Waals surface area contributed by atoms with Crippen LogP contribution in [0.25, 0.3) is 17.8 Å². The fourth-order valence-electron chi connectivity index (χ4n) is 1.63. The topological polar surface area (TPSA) is 43.1 Å². The Bertz CT molecular complexity index is 655. The molecule has 0 fully saturated rings. The second-order valence-electron chi connectivity index (χ2n) is 3.61. The van der Waals surface area contributed by atoms with Crippen LogP contribution in [0.5, 0.6) is 0 Å². The number of hydrogen-bond acceptors (Lipinski definition) is 3. The van der Waals surface area contributed by atoms with E-state index in [-0.39, 0.29) is 0 Å². The Morgan fingerprint density at radius 1 is 1.00 bits per heavy atom. The van der Waals surface area contributed by atoms with E-state index in [9.17, 15) is 0 Å². The lowest BCUT2D eigenvalue weighted by Gasteiger charge is -1.97. The van der Waals surface area contributed by atoms with Crippen LogP contribution in [0.1, 0.15) is 11.3 Å². The van der Waals surface area contributed by atoms with Crippen LogP contribution in [0.3, 0.4) is 0 Å². The van der Waals surface area contributed by atoms with Gasteiger partial charge in [-0.3, -0.25) is 0 Å². The van der Waals surface area contributed by atoms with Crippen molar-refractivity contribution in [2.75, 3.05) is 0 Å². The molecule has 0 spiro atoms. The zero-order valence-corrected chi connectivity index (χ0v) is 9.06. The van der Waals surface area contributed by atoms with Crippen molar-refractivity contribution < 1.29 is 0 Å². The molecule has 4 nitrogen and oxygen atoms in total. The van der Waals surface area contributed by atoms with E-state index in [0.717, 1.165) is 16.9 Å². The number of hydrogen-bond donors (Lipinski definition) is 0. The van der Waals surface area contributed by atoms with Gasteiger partial charge in [0, 0.05) is 6.07 Å². The SMILES string of the molecule is C(=Cc1cnnc2ccnn12)c1ccccc1. The van der Waals surface area contributed by atoms with Crippen molar-refractivity contribution >= 4 is 17.8 Å². The van der Waals surface area contributed by atoms with Gasteiger partial charge < -0.3 is 0 Å². The lowest BCUT2D eigenvalue weighted by atomic mass is 10.2. The summed E-state index contributed by atoms with van der Waals surface area (Å²) in [6, 6.07) is 11.9. The molecule has 0 amide bonds. The molecule has 17 heavy (non-hydrogen) atoms. The van der Waals surface area contributed by atoms with E-state index >= 15 is 0 Å². The Morgan fingerprint density at radius 3 is 2.76 bits per heavy atom. The van der Waals surface area contributed by atoms with Gasteiger partial charge in [-0.25, -0.2) is 4.52 Å². The van der Waals surface area contributed by atoms with Crippen molar-refractivity contribution in [1.82, 2.24) is 19.8 Å². The van der Waals surface area contributed by atoms with Gasteiger partial charge in [-0.15, -0.1) is 5.10 Å². The van der Waals surface area contributed by atoms with E-state index in [2.05, 4.69) is 15.3 Å². The summed E-state index contributed by atoms with van der Waals surface area (Å²) >= 11 is 0. The number of fused-ring (bicyclic) bond motifs is 1. The summed E-state index contributed by atoms with van der Waals surface area (Å²) < 4.78 is 1.76. The smallest absolute Gasteiger partial charge is 0.177 e. The van der Waals surface area contributed by atoms with Crippen molar-refractivity contribution in [3.63, 3.8) is 0 Å². The second-order valence-corrected chi connectivity index (χ2v) is 3.61. The highest BCUT2D eigenvalue weighted by molar-refractivity contribution is 5.68. The predicted molar refractivity (Wildman–Crippen MR) is 66.2 cm³/mol. The van der Waals surface area contributed by atoms with Gasteiger partial charge in [0.15, 0.2) is 5.65 Å². The normalized spacial score (nSPS) is 11.3. The monoisotopic (exact) mass is 222 g/mol. The Kier molecular flexibility index (Phi) is 2.38. The van der Waals surface area contributed by atoms with E-state index in [0.29, 0.717) is 0 Å². The first kappa shape index (κ1) is 9.72. The molecule has 0 radical (unpaired) electrons. The third-order valence-corrected chi connectivity index (χ3v) is 2.46. The molecule has 3 rings (SSSR count). The van der Waals surface area contributed by atoms with Gasteiger partial charge in [0.1, 0.15) is 0 Å². The van der Waals surface area contributed by atoms with Gasteiger partial charge >= 0.3 is 0 Å². The molecule has 0 N–H and O–H groups in total. The number of rotatable bonds is 2. The van der Waals surface area contributed by atoms with Gasteiger partial charge in [0.25, 0.3) is 0 Å². The molecule has 0 saturated carbocycles. The molecular weight excluding hydrogens is 212 g/mol. The van der Waals surface area contributed by atoms with Crippen molar-refractivity contribution in [3.8, 4) is 0 Å². The van der Waals surface area contributed by atoms with E-state index < -0.39 is 0 Å². The van der Waals surface area contributed by atoms with E-state index in [1.165, 1.54) is 0 Å². The number of benzene rings is 1. The van der Waals surface area contributed by atoms with Gasteiger partial charge in [-0.1, -0.05) is 36.4 Å². The van der Waals surface area contributed by atoms with Crippen molar-refractivity contribution in [2.24, 2.45) is 0 Å². The first-order chi connectivity index (χ1) is 8.43. The Balaban J connectivity index is 2.00. The molecule has 0 aliphatic rings. The minimum Gasteiger partial charge on any atom is -0.212 e. The maximum absolute atomic E-state index is 4.19. The molecule has 0 saturated heterocycles. The fraction of sp³-hybridized carbons (Fsp3) is 0. The average Bonchev–Trinajstić information content (AvgIpc) is 2.86. The minimum absolute atomic E-state index is 0.750. The van der Waals surface area contributed by atoms with Crippen LogP contribution in [0.2, 0.25) is 0 Å². The zero-order valence-electron chi connectivity index (χ0n) is 9.06. The van der Waals surface area contributed by atoms with Crippen LogP contribution in [-0.4, -0.2) is 19.8 Å². The van der Waals surface area contributed by atoms with Crippen molar-refractivity contribution in [3.05, 3.63) is 60.0 Å². The fourth-order valence-corrected chi connectivity index (χ4v) is 1.63. The molecular formula is C13H10N4. The summed E-state index contributed by atoms with van der Waals surface area (Å²) in [5.41, 5.74) is 2.80. The summed E-state index contributed by atoms with van der Waals surface area (Å²) in [5.74, 6) is 0. The summed E-state index contributed by atoms with van der Waals surface area (Å²) in [4.78, 5) is 0. The summed E-state index contributed by atoms with van der Waals surface area (Å²) in [6.07, 6.45) is 7.41. The van der Waals surface area contributed by atoms with E-state index in [1.807, 2.05) is 48.6 Å². The van der Waals surface area contributed by atoms with Crippen molar-refractivity contribution in [2.45, 2.75) is 0 Å². The van der Waals surface area contributed by atoms with Crippen LogP contribution in [0, 0.1) is 0 Å². The summed E-state index contributed by atoms with van der Waals surface area (Å²) in [5, 5.41) is 12.1. The average molecular weight is 222 g/mol. The van der Waals surface area contributed by atoms with Gasteiger partial charge in [-0.05, 0) is 11.6 Å². The highest BCUT2D eigenvalue weighted by Gasteiger charge is 1.98. The van der Waals surface area contributed by atoms with Gasteiger partial charge in [0.2, 0.25) is 0 Å². The van der Waals surface area contributed by atoms with Crippen LogP contribution < -0.4 is 0 Å². The van der Waals surface area contributed by atoms with Gasteiger partial charge in [-0.2, -0.15) is 10.2 Å². The highest BCUT2D eigenvalue weighted by atomic mass is 15.3. The third-order valence-electron chi connectivity index (χ3n) is 2.46. The standard InChI is InChI=1S/C13H10N4/c1-2-4-11(5-3-1)6-7-12-10-14-16-13-8-9-15-17(12)13/h1-10H. The summed E-state index contributed by atoms with van der Waals surface area (Å²) in [7, 11) is 0. The predicted octanol–water partition coefficient (Wildman–Crippen LogP) is 2.29. The molecule has 2 aromatic heterocycles. The Labute approximate surface area is 98.2 Å². The van der Waals surface area contributed by atoms with Crippen molar-refractivity contribution in [1.29, 1.82) is 0 Å². The molecule has 0 bridgehead atoms. The summed E-state index contributed by atoms with van der Waals surface area (Å²) in [6.45, 7) is 0. The van der Waals surface area contributed by atoms with Crippen LogP contribution in [0.4, 0.5) is 0 Å². The molecule has 3 aromatic rings. The number of nitrogens with zero attached hydrogens (tertiary/aromatic N) is 4. The lowest BCUT2D eigenvalue weighted by Crippen LogP contribution is -1.96. The molecule has 0 aliphatic heterocycles. The first-order valence-corrected chi connectivity index (χ1v) is 5.32. The lowest BCUT2D eigenvalue weighted by molar-refractivity contribution is 0.878. The van der Waals surface area contributed by atoms with Crippen LogP contribution >= 0.6 is 0 Å². The zero-order chi connectivity index (χ0) is 11.5. The molecule has 82 valence electrons. The Hall–Kier alpha value is -2.49.